The molecule has 1 aromatic heterocycles. The Balaban J connectivity index is 2.15. The molecule has 20 heavy (non-hydrogen) atoms. The Bertz CT molecular complexity index is 683. The molecule has 0 saturated carbocycles. The fourth-order valence-electron chi connectivity index (χ4n) is 1.72. The van der Waals surface area contributed by atoms with Crippen LogP contribution in [0.3, 0.4) is 0 Å². The second-order valence-electron chi connectivity index (χ2n) is 4.23. The predicted octanol–water partition coefficient (Wildman–Crippen LogP) is 1.95. The summed E-state index contributed by atoms with van der Waals surface area (Å²) >= 11 is 0. The Morgan fingerprint density at radius 3 is 2.95 bits per heavy atom. The summed E-state index contributed by atoms with van der Waals surface area (Å²) in [5.74, 6) is 5.54. The van der Waals surface area contributed by atoms with E-state index in [0.29, 0.717) is 17.8 Å². The first kappa shape index (κ1) is 13.8. The molecule has 0 spiro atoms. The van der Waals surface area contributed by atoms with Crippen LogP contribution < -0.4 is 11.1 Å². The van der Waals surface area contributed by atoms with Crippen molar-refractivity contribution in [1.29, 1.82) is 0 Å². The summed E-state index contributed by atoms with van der Waals surface area (Å²) in [4.78, 5) is 16.2. The van der Waals surface area contributed by atoms with Crippen molar-refractivity contribution in [3.05, 3.63) is 59.4 Å². The Morgan fingerprint density at radius 2 is 2.20 bits per heavy atom. The molecule has 4 nitrogen and oxygen atoms in total. The van der Waals surface area contributed by atoms with Gasteiger partial charge < -0.3 is 11.1 Å². The highest BCUT2D eigenvalue weighted by molar-refractivity contribution is 6.04. The number of nitrogens with two attached hydrogens (primary N) is 1. The van der Waals surface area contributed by atoms with Gasteiger partial charge in [0.2, 0.25) is 0 Å². The molecule has 1 amide bonds. The molecular weight excluding hydrogens is 250 g/mol. The minimum Gasteiger partial charge on any atom is -0.322 e. The molecule has 2 aromatic rings. The van der Waals surface area contributed by atoms with E-state index in [0.717, 1.165) is 11.3 Å². The van der Waals surface area contributed by atoms with Crippen LogP contribution in [0.2, 0.25) is 0 Å². The molecule has 0 saturated heterocycles. The number of anilines is 1. The number of amides is 1. The zero-order valence-electron chi connectivity index (χ0n) is 11.2. The third-order valence-corrected chi connectivity index (χ3v) is 2.61. The van der Waals surface area contributed by atoms with Crippen LogP contribution in [0.4, 0.5) is 5.69 Å². The van der Waals surface area contributed by atoms with Crippen LogP contribution in [0.25, 0.3) is 0 Å². The molecule has 100 valence electrons. The van der Waals surface area contributed by atoms with Crippen LogP contribution in [0.15, 0.2) is 42.6 Å². The monoisotopic (exact) mass is 265 g/mol. The van der Waals surface area contributed by atoms with Gasteiger partial charge >= 0.3 is 0 Å². The maximum Gasteiger partial charge on any atom is 0.255 e. The SMILES string of the molecule is Cc1cc(C(=O)Nc2cccc(C#CCN)c2)ccn1. The fourth-order valence-corrected chi connectivity index (χ4v) is 1.72. The number of nitrogens with one attached hydrogen (secondary N) is 1. The number of carbonyl (C=O) groups is 1. The van der Waals surface area contributed by atoms with Crippen LogP contribution in [-0.4, -0.2) is 17.4 Å². The number of nitrogens with zero attached hydrogens (tertiary/aromatic N) is 1. The van der Waals surface area contributed by atoms with Crippen molar-refractivity contribution in [2.24, 2.45) is 5.73 Å². The van der Waals surface area contributed by atoms with E-state index in [1.807, 2.05) is 31.2 Å². The molecule has 2 rings (SSSR count). The maximum atomic E-state index is 12.1. The molecule has 0 aliphatic heterocycles. The van der Waals surface area contributed by atoms with E-state index in [4.69, 9.17) is 5.73 Å². The van der Waals surface area contributed by atoms with Crippen molar-refractivity contribution in [2.75, 3.05) is 11.9 Å². The number of aryl methyl sites for hydroxylation is 1. The number of hydrogen-bond acceptors (Lipinski definition) is 3. The Labute approximate surface area is 118 Å². The number of pyridine rings is 1. The van der Waals surface area contributed by atoms with Crippen molar-refractivity contribution in [2.45, 2.75) is 6.92 Å². The minimum absolute atomic E-state index is 0.167. The first-order valence-electron chi connectivity index (χ1n) is 6.22. The molecule has 1 heterocycles. The van der Waals surface area contributed by atoms with Gasteiger partial charge in [0.15, 0.2) is 0 Å². The highest BCUT2D eigenvalue weighted by atomic mass is 16.1. The molecule has 0 atom stereocenters. The summed E-state index contributed by atoms with van der Waals surface area (Å²) in [6, 6.07) is 10.8. The fraction of sp³-hybridized carbons (Fsp3) is 0.125. The lowest BCUT2D eigenvalue weighted by Gasteiger charge is -2.06. The maximum absolute atomic E-state index is 12.1. The van der Waals surface area contributed by atoms with Crippen LogP contribution >= 0.6 is 0 Å². The van der Waals surface area contributed by atoms with Gasteiger partial charge in [-0.25, -0.2) is 0 Å². The molecule has 0 aliphatic carbocycles. The first-order valence-corrected chi connectivity index (χ1v) is 6.22. The van der Waals surface area contributed by atoms with Crippen LogP contribution in [0.5, 0.6) is 0 Å². The normalized spacial score (nSPS) is 9.50. The standard InChI is InChI=1S/C16H15N3O/c1-12-10-14(7-9-18-12)16(20)19-15-6-2-4-13(11-15)5-3-8-17/h2,4,6-7,9-11H,8,17H2,1H3,(H,19,20). The highest BCUT2D eigenvalue weighted by Crippen LogP contribution is 2.12. The third-order valence-electron chi connectivity index (χ3n) is 2.61. The van der Waals surface area contributed by atoms with Crippen LogP contribution in [0.1, 0.15) is 21.6 Å². The van der Waals surface area contributed by atoms with Gasteiger partial charge in [0.1, 0.15) is 0 Å². The number of benzene rings is 1. The van der Waals surface area contributed by atoms with Crippen molar-refractivity contribution in [1.82, 2.24) is 4.98 Å². The van der Waals surface area contributed by atoms with Gasteiger partial charge in [-0.2, -0.15) is 0 Å². The van der Waals surface area contributed by atoms with E-state index >= 15 is 0 Å². The Morgan fingerprint density at radius 1 is 1.35 bits per heavy atom. The van der Waals surface area contributed by atoms with E-state index in [1.165, 1.54) is 0 Å². The van der Waals surface area contributed by atoms with Crippen molar-refractivity contribution in [3.63, 3.8) is 0 Å². The molecule has 0 bridgehead atoms. The van der Waals surface area contributed by atoms with E-state index in [9.17, 15) is 4.79 Å². The van der Waals surface area contributed by atoms with Gasteiger partial charge in [0.25, 0.3) is 5.91 Å². The summed E-state index contributed by atoms with van der Waals surface area (Å²) in [6.45, 7) is 2.16. The summed E-state index contributed by atoms with van der Waals surface area (Å²) in [5, 5.41) is 2.84. The second kappa shape index (κ2) is 6.50. The smallest absolute Gasteiger partial charge is 0.255 e. The Hall–Kier alpha value is -2.64. The lowest BCUT2D eigenvalue weighted by atomic mass is 10.2. The van der Waals surface area contributed by atoms with E-state index in [2.05, 4.69) is 22.1 Å². The first-order chi connectivity index (χ1) is 9.69. The van der Waals surface area contributed by atoms with Gasteiger partial charge in [-0.1, -0.05) is 17.9 Å². The number of carbonyl (C=O) groups excluding carboxylic acids is 1. The molecule has 0 aliphatic rings. The van der Waals surface area contributed by atoms with Gasteiger partial charge in [0, 0.05) is 28.7 Å². The molecule has 1 aromatic carbocycles. The van der Waals surface area contributed by atoms with Crippen LogP contribution in [-0.2, 0) is 0 Å². The quantitative estimate of drug-likeness (QED) is 0.815. The van der Waals surface area contributed by atoms with Crippen molar-refractivity contribution < 1.29 is 4.79 Å². The minimum atomic E-state index is -0.167. The summed E-state index contributed by atoms with van der Waals surface area (Å²) in [6.07, 6.45) is 1.62. The summed E-state index contributed by atoms with van der Waals surface area (Å²) < 4.78 is 0. The molecule has 4 heteroatoms. The van der Waals surface area contributed by atoms with Crippen molar-refractivity contribution in [3.8, 4) is 11.8 Å². The highest BCUT2D eigenvalue weighted by Gasteiger charge is 2.06. The average molecular weight is 265 g/mol. The topological polar surface area (TPSA) is 68.0 Å². The number of aromatic nitrogens is 1. The third kappa shape index (κ3) is 3.67. The second-order valence-corrected chi connectivity index (χ2v) is 4.23. The van der Waals surface area contributed by atoms with Gasteiger partial charge in [-0.3, -0.25) is 9.78 Å². The molecular formula is C16H15N3O. The lowest BCUT2D eigenvalue weighted by Crippen LogP contribution is -2.12. The zero-order chi connectivity index (χ0) is 14.4. The van der Waals surface area contributed by atoms with E-state index in [-0.39, 0.29) is 5.91 Å². The average Bonchev–Trinajstić information content (AvgIpc) is 2.45. The lowest BCUT2D eigenvalue weighted by molar-refractivity contribution is 0.102. The van der Waals surface area contributed by atoms with E-state index < -0.39 is 0 Å². The van der Waals surface area contributed by atoms with Gasteiger partial charge in [-0.05, 0) is 37.3 Å². The molecule has 0 unspecified atom stereocenters. The summed E-state index contributed by atoms with van der Waals surface area (Å²) in [7, 11) is 0. The number of hydrogen-bond donors (Lipinski definition) is 2. The molecule has 3 N–H and O–H groups in total. The van der Waals surface area contributed by atoms with Crippen LogP contribution in [0, 0.1) is 18.8 Å². The largest absolute Gasteiger partial charge is 0.322 e. The summed E-state index contributed by atoms with van der Waals surface area (Å²) in [5.41, 5.74) is 8.24. The van der Waals surface area contributed by atoms with E-state index in [1.54, 1.807) is 18.3 Å². The van der Waals surface area contributed by atoms with Gasteiger partial charge in [-0.15, -0.1) is 0 Å². The molecule has 0 radical (unpaired) electrons. The number of rotatable bonds is 2. The van der Waals surface area contributed by atoms with Gasteiger partial charge in [0.05, 0.1) is 6.54 Å². The van der Waals surface area contributed by atoms with Crippen molar-refractivity contribution >= 4 is 11.6 Å². The molecule has 0 fully saturated rings. The predicted molar refractivity (Wildman–Crippen MR) is 79.3 cm³/mol. The zero-order valence-corrected chi connectivity index (χ0v) is 11.2. The Kier molecular flexibility index (Phi) is 4.48.